The van der Waals surface area contributed by atoms with Crippen LogP contribution in [0.4, 0.5) is 8.78 Å². The maximum absolute atomic E-state index is 13.4. The number of ketones is 1. The van der Waals surface area contributed by atoms with Crippen LogP contribution in [0.1, 0.15) is 15.9 Å². The summed E-state index contributed by atoms with van der Waals surface area (Å²) in [6, 6.07) is 4.78. The number of halogens is 3. The first-order valence-corrected chi connectivity index (χ1v) is 5.93. The van der Waals surface area contributed by atoms with E-state index in [1.807, 2.05) is 0 Å². The Morgan fingerprint density at radius 2 is 2.00 bits per heavy atom. The highest BCUT2D eigenvalue weighted by molar-refractivity contribution is 9.10. The van der Waals surface area contributed by atoms with E-state index in [0.29, 0.717) is 10.0 Å². The lowest BCUT2D eigenvalue weighted by Crippen LogP contribution is -2.06. The molecule has 1 aromatic heterocycles. The van der Waals surface area contributed by atoms with Gasteiger partial charge in [-0.1, -0.05) is 6.07 Å². The van der Waals surface area contributed by atoms with Crippen LogP contribution in [0.3, 0.4) is 0 Å². The van der Waals surface area contributed by atoms with Gasteiger partial charge in [-0.3, -0.25) is 9.78 Å². The van der Waals surface area contributed by atoms with Gasteiger partial charge < -0.3 is 0 Å². The Kier molecular flexibility index (Phi) is 3.81. The number of nitrogens with zero attached hydrogens (tertiary/aromatic N) is 1. The third-order valence-electron chi connectivity index (χ3n) is 2.39. The minimum atomic E-state index is -0.716. The third kappa shape index (κ3) is 2.98. The lowest BCUT2D eigenvalue weighted by molar-refractivity contribution is 0.0991. The van der Waals surface area contributed by atoms with Crippen molar-refractivity contribution in [2.45, 2.75) is 6.42 Å². The molecule has 0 atom stereocenters. The van der Waals surface area contributed by atoms with Gasteiger partial charge in [-0.25, -0.2) is 8.78 Å². The number of Topliss-reactive ketones (excluding diaryl/α,β-unsaturated/α-hetero) is 1. The molecule has 0 aliphatic heterocycles. The molecule has 0 fully saturated rings. The monoisotopic (exact) mass is 311 g/mol. The first-order chi connectivity index (χ1) is 8.56. The predicted octanol–water partition coefficient (Wildman–Crippen LogP) is 3.55. The summed E-state index contributed by atoms with van der Waals surface area (Å²) in [4.78, 5) is 15.7. The largest absolute Gasteiger partial charge is 0.294 e. The number of rotatable bonds is 3. The van der Waals surface area contributed by atoms with Gasteiger partial charge in [0.2, 0.25) is 0 Å². The van der Waals surface area contributed by atoms with E-state index in [-0.39, 0.29) is 17.8 Å². The standard InChI is InChI=1S/C13H8BrF2NO/c14-10-3-9(6-17-7-10)13(18)4-8-1-2-11(15)5-12(8)16/h1-3,5-7H,4H2. The molecule has 1 heterocycles. The number of hydrogen-bond acceptors (Lipinski definition) is 2. The van der Waals surface area contributed by atoms with Crippen LogP contribution < -0.4 is 0 Å². The van der Waals surface area contributed by atoms with Gasteiger partial charge in [0.05, 0.1) is 0 Å². The molecule has 18 heavy (non-hydrogen) atoms. The van der Waals surface area contributed by atoms with Crippen molar-refractivity contribution in [3.63, 3.8) is 0 Å². The average Bonchev–Trinajstić information content (AvgIpc) is 2.32. The van der Waals surface area contributed by atoms with Gasteiger partial charge in [-0.05, 0) is 33.6 Å². The van der Waals surface area contributed by atoms with Crippen molar-refractivity contribution in [2.24, 2.45) is 0 Å². The van der Waals surface area contributed by atoms with Crippen LogP contribution in [0, 0.1) is 11.6 Å². The highest BCUT2D eigenvalue weighted by Crippen LogP contribution is 2.15. The second-order valence-corrected chi connectivity index (χ2v) is 4.64. The Bertz CT molecular complexity index is 601. The molecule has 92 valence electrons. The molecule has 5 heteroatoms. The van der Waals surface area contributed by atoms with Crippen molar-refractivity contribution in [2.75, 3.05) is 0 Å². The van der Waals surface area contributed by atoms with E-state index in [4.69, 9.17) is 0 Å². The number of hydrogen-bond donors (Lipinski definition) is 0. The van der Waals surface area contributed by atoms with Crippen LogP contribution in [-0.4, -0.2) is 10.8 Å². The summed E-state index contributed by atoms with van der Waals surface area (Å²) in [6.07, 6.45) is 2.84. The van der Waals surface area contributed by atoms with Crippen LogP contribution in [0.2, 0.25) is 0 Å². The number of aromatic nitrogens is 1. The van der Waals surface area contributed by atoms with Gasteiger partial charge in [-0.15, -0.1) is 0 Å². The fraction of sp³-hybridized carbons (Fsp3) is 0.0769. The number of pyridine rings is 1. The van der Waals surface area contributed by atoms with E-state index < -0.39 is 11.6 Å². The minimum Gasteiger partial charge on any atom is -0.294 e. The van der Waals surface area contributed by atoms with E-state index in [1.165, 1.54) is 12.3 Å². The van der Waals surface area contributed by atoms with Gasteiger partial charge in [0, 0.05) is 34.9 Å². The predicted molar refractivity (Wildman–Crippen MR) is 66.3 cm³/mol. The Morgan fingerprint density at radius 3 is 2.67 bits per heavy atom. The molecule has 0 saturated carbocycles. The van der Waals surface area contributed by atoms with Crippen LogP contribution in [0.15, 0.2) is 41.1 Å². The molecule has 0 amide bonds. The molecule has 0 saturated heterocycles. The summed E-state index contributed by atoms with van der Waals surface area (Å²) in [5.74, 6) is -1.64. The van der Waals surface area contributed by atoms with Crippen molar-refractivity contribution in [3.05, 3.63) is 63.9 Å². The Balaban J connectivity index is 2.21. The molecular weight excluding hydrogens is 304 g/mol. The zero-order valence-corrected chi connectivity index (χ0v) is 10.7. The number of benzene rings is 1. The molecule has 2 aromatic rings. The molecule has 2 rings (SSSR count). The topological polar surface area (TPSA) is 30.0 Å². The first-order valence-electron chi connectivity index (χ1n) is 5.14. The lowest BCUT2D eigenvalue weighted by Gasteiger charge is -2.03. The molecule has 0 N–H and O–H groups in total. The van der Waals surface area contributed by atoms with E-state index in [2.05, 4.69) is 20.9 Å². The highest BCUT2D eigenvalue weighted by atomic mass is 79.9. The molecule has 2 nitrogen and oxygen atoms in total. The van der Waals surface area contributed by atoms with E-state index in [9.17, 15) is 13.6 Å². The summed E-state index contributed by atoms with van der Waals surface area (Å²) in [5, 5.41) is 0. The van der Waals surface area contributed by atoms with Gasteiger partial charge in [-0.2, -0.15) is 0 Å². The summed E-state index contributed by atoms with van der Waals surface area (Å²) in [5.41, 5.74) is 0.550. The van der Waals surface area contributed by atoms with Crippen molar-refractivity contribution in [1.29, 1.82) is 0 Å². The molecule has 0 radical (unpaired) electrons. The van der Waals surface area contributed by atoms with Crippen LogP contribution in [-0.2, 0) is 6.42 Å². The smallest absolute Gasteiger partial charge is 0.168 e. The maximum Gasteiger partial charge on any atom is 0.168 e. The molecule has 0 aliphatic rings. The van der Waals surface area contributed by atoms with Gasteiger partial charge in [0.25, 0.3) is 0 Å². The second kappa shape index (κ2) is 5.35. The van der Waals surface area contributed by atoms with Gasteiger partial charge >= 0.3 is 0 Å². The van der Waals surface area contributed by atoms with E-state index in [1.54, 1.807) is 12.3 Å². The third-order valence-corrected chi connectivity index (χ3v) is 2.83. The fourth-order valence-electron chi connectivity index (χ4n) is 1.50. The van der Waals surface area contributed by atoms with Gasteiger partial charge in [0.15, 0.2) is 5.78 Å². The van der Waals surface area contributed by atoms with Crippen molar-refractivity contribution < 1.29 is 13.6 Å². The lowest BCUT2D eigenvalue weighted by atomic mass is 10.0. The SMILES string of the molecule is O=C(Cc1ccc(F)cc1F)c1cncc(Br)c1. The van der Waals surface area contributed by atoms with Gasteiger partial charge in [0.1, 0.15) is 11.6 Å². The maximum atomic E-state index is 13.4. The molecule has 0 unspecified atom stereocenters. The Morgan fingerprint density at radius 1 is 1.22 bits per heavy atom. The zero-order valence-electron chi connectivity index (χ0n) is 9.16. The highest BCUT2D eigenvalue weighted by Gasteiger charge is 2.11. The van der Waals surface area contributed by atoms with Crippen molar-refractivity contribution in [1.82, 2.24) is 4.98 Å². The summed E-state index contributed by atoms with van der Waals surface area (Å²) in [6.45, 7) is 0. The Hall–Kier alpha value is -1.62. The van der Waals surface area contributed by atoms with E-state index in [0.717, 1.165) is 12.1 Å². The second-order valence-electron chi connectivity index (χ2n) is 3.73. The van der Waals surface area contributed by atoms with E-state index >= 15 is 0 Å². The van der Waals surface area contributed by atoms with Crippen LogP contribution in [0.25, 0.3) is 0 Å². The van der Waals surface area contributed by atoms with Crippen LogP contribution in [0.5, 0.6) is 0 Å². The number of carbonyl (C=O) groups excluding carboxylic acids is 1. The zero-order chi connectivity index (χ0) is 13.1. The quantitative estimate of drug-likeness (QED) is 0.811. The Labute approximate surface area is 111 Å². The molecule has 1 aromatic carbocycles. The first kappa shape index (κ1) is 12.8. The van der Waals surface area contributed by atoms with Crippen LogP contribution >= 0.6 is 15.9 Å². The average molecular weight is 312 g/mol. The number of carbonyl (C=O) groups is 1. The normalized spacial score (nSPS) is 10.4. The van der Waals surface area contributed by atoms with Crippen molar-refractivity contribution >= 4 is 21.7 Å². The summed E-state index contributed by atoms with van der Waals surface area (Å²) >= 11 is 3.20. The fourth-order valence-corrected chi connectivity index (χ4v) is 1.87. The summed E-state index contributed by atoms with van der Waals surface area (Å²) < 4.78 is 26.8. The molecule has 0 bridgehead atoms. The summed E-state index contributed by atoms with van der Waals surface area (Å²) in [7, 11) is 0. The minimum absolute atomic E-state index is 0.121. The molecule has 0 spiro atoms. The molecular formula is C13H8BrF2NO. The van der Waals surface area contributed by atoms with Crippen molar-refractivity contribution in [3.8, 4) is 0 Å². The molecule has 0 aliphatic carbocycles.